The zero-order chi connectivity index (χ0) is 26.6. The van der Waals surface area contributed by atoms with Gasteiger partial charge in [-0.3, -0.25) is 9.55 Å². The molecule has 5 rings (SSSR count). The molecule has 4 heteroatoms. The summed E-state index contributed by atoms with van der Waals surface area (Å²) in [6.07, 6.45) is 3.74. The Morgan fingerprint density at radius 3 is 1.97 bits per heavy atom. The van der Waals surface area contributed by atoms with Crippen LogP contribution in [-0.2, 0) is 12.8 Å². The van der Waals surface area contributed by atoms with E-state index in [-0.39, 0.29) is 5.75 Å². The van der Waals surface area contributed by atoms with Crippen molar-refractivity contribution in [1.29, 1.82) is 0 Å². The maximum atomic E-state index is 10.3. The van der Waals surface area contributed by atoms with Crippen molar-refractivity contribution in [2.24, 2.45) is 0 Å². The Morgan fingerprint density at radius 2 is 1.29 bits per heavy atom. The van der Waals surface area contributed by atoms with Crippen LogP contribution in [0.3, 0.4) is 0 Å². The van der Waals surface area contributed by atoms with Crippen LogP contribution in [0.1, 0.15) is 62.0 Å². The average molecular weight is 502 g/mol. The lowest BCUT2D eigenvalue weighted by atomic mass is 9.92. The second-order valence-corrected chi connectivity index (χ2v) is 10.4. The minimum Gasteiger partial charge on any atom is -0.507 e. The molecule has 0 saturated carbocycles. The van der Waals surface area contributed by atoms with Gasteiger partial charge in [0.25, 0.3) is 0 Å². The Hall–Kier alpha value is -4.18. The number of phenols is 1. The molecule has 0 amide bonds. The molecule has 5 aromatic rings. The molecule has 0 atom stereocenters. The summed E-state index contributed by atoms with van der Waals surface area (Å²) >= 11 is 0. The molecule has 3 aromatic carbocycles. The average Bonchev–Trinajstić information content (AvgIpc) is 3.36. The molecule has 0 fully saturated rings. The Bertz CT molecular complexity index is 1510. The third-order valence-electron chi connectivity index (χ3n) is 7.00. The van der Waals surface area contributed by atoms with Crippen molar-refractivity contribution < 1.29 is 5.11 Å². The highest BCUT2D eigenvalue weighted by Gasteiger charge is 2.20. The van der Waals surface area contributed by atoms with Crippen molar-refractivity contribution in [3.8, 4) is 34.1 Å². The molecule has 0 radical (unpaired) electrons. The molecule has 0 saturated heterocycles. The van der Waals surface area contributed by atoms with Crippen molar-refractivity contribution in [2.75, 3.05) is 0 Å². The van der Waals surface area contributed by atoms with Crippen LogP contribution < -0.4 is 0 Å². The van der Waals surface area contributed by atoms with Gasteiger partial charge in [0, 0.05) is 23.0 Å². The molecule has 0 aliphatic rings. The van der Waals surface area contributed by atoms with Crippen LogP contribution in [0.2, 0.25) is 0 Å². The van der Waals surface area contributed by atoms with Crippen LogP contribution in [0.4, 0.5) is 0 Å². The van der Waals surface area contributed by atoms with Gasteiger partial charge in [0.05, 0.1) is 17.1 Å². The number of pyridine rings is 1. The summed E-state index contributed by atoms with van der Waals surface area (Å²) in [5.74, 6) is 1.98. The van der Waals surface area contributed by atoms with Gasteiger partial charge in [0.1, 0.15) is 11.6 Å². The summed E-state index contributed by atoms with van der Waals surface area (Å²) in [5, 5.41) is 10.3. The van der Waals surface area contributed by atoms with Crippen molar-refractivity contribution in [3.63, 3.8) is 0 Å². The fourth-order valence-electron chi connectivity index (χ4n) is 5.02. The number of hydrogen-bond donors (Lipinski definition) is 1. The highest BCUT2D eigenvalue weighted by atomic mass is 16.3. The van der Waals surface area contributed by atoms with Gasteiger partial charge in [0.15, 0.2) is 0 Å². The molecule has 0 aliphatic carbocycles. The molecule has 2 aromatic heterocycles. The number of aryl methyl sites for hydroxylation is 2. The SMILES string of the molecule is CC(C)c1cccc(C(C)C)c1-n1cc(CCc2cccc(-c3ccccc3O)n2)nc1-c1ccccc1. The Labute approximate surface area is 225 Å². The first kappa shape index (κ1) is 25.5. The third kappa shape index (κ3) is 5.26. The summed E-state index contributed by atoms with van der Waals surface area (Å²) in [6, 6.07) is 30.4. The van der Waals surface area contributed by atoms with Gasteiger partial charge < -0.3 is 5.11 Å². The quantitative estimate of drug-likeness (QED) is 0.232. The van der Waals surface area contributed by atoms with E-state index in [9.17, 15) is 5.11 Å². The zero-order valence-electron chi connectivity index (χ0n) is 22.6. The Morgan fingerprint density at radius 1 is 0.658 bits per heavy atom. The second-order valence-electron chi connectivity index (χ2n) is 10.4. The second kappa shape index (κ2) is 11.1. The smallest absolute Gasteiger partial charge is 0.144 e. The third-order valence-corrected chi connectivity index (χ3v) is 7.00. The van der Waals surface area contributed by atoms with Crippen molar-refractivity contribution >= 4 is 0 Å². The number of benzene rings is 3. The van der Waals surface area contributed by atoms with Gasteiger partial charge in [-0.05, 0) is 60.1 Å². The minimum absolute atomic E-state index is 0.244. The molecule has 1 N–H and O–H groups in total. The van der Waals surface area contributed by atoms with Crippen LogP contribution >= 0.6 is 0 Å². The summed E-state index contributed by atoms with van der Waals surface area (Å²) in [5.41, 5.74) is 8.55. The minimum atomic E-state index is 0.244. The van der Waals surface area contributed by atoms with Crippen molar-refractivity contribution in [1.82, 2.24) is 14.5 Å². The topological polar surface area (TPSA) is 50.9 Å². The van der Waals surface area contributed by atoms with Gasteiger partial charge >= 0.3 is 0 Å². The first-order chi connectivity index (χ1) is 18.4. The van der Waals surface area contributed by atoms with Crippen molar-refractivity contribution in [3.05, 3.63) is 120 Å². The number of phenolic OH excluding ortho intramolecular Hbond substituents is 1. The lowest BCUT2D eigenvalue weighted by Gasteiger charge is -2.21. The zero-order valence-corrected chi connectivity index (χ0v) is 22.6. The van der Waals surface area contributed by atoms with E-state index in [0.717, 1.165) is 46.9 Å². The largest absolute Gasteiger partial charge is 0.507 e. The number of para-hydroxylation sites is 2. The molecule has 0 spiro atoms. The number of hydrogen-bond acceptors (Lipinski definition) is 3. The monoisotopic (exact) mass is 501 g/mol. The highest BCUT2D eigenvalue weighted by molar-refractivity contribution is 5.66. The van der Waals surface area contributed by atoms with Gasteiger partial charge in [-0.15, -0.1) is 0 Å². The molecule has 38 heavy (non-hydrogen) atoms. The van der Waals surface area contributed by atoms with E-state index >= 15 is 0 Å². The molecular formula is C34H35N3O. The highest BCUT2D eigenvalue weighted by Crippen LogP contribution is 2.34. The number of aromatic hydroxyl groups is 1. The number of rotatable bonds is 8. The molecule has 4 nitrogen and oxygen atoms in total. The predicted molar refractivity (Wildman–Crippen MR) is 156 cm³/mol. The van der Waals surface area contributed by atoms with Crippen LogP contribution in [0.15, 0.2) is 97.2 Å². The van der Waals surface area contributed by atoms with E-state index in [2.05, 4.69) is 80.9 Å². The Kier molecular flexibility index (Phi) is 7.41. The number of imidazole rings is 1. The predicted octanol–water partition coefficient (Wildman–Crippen LogP) is 8.34. The fourth-order valence-corrected chi connectivity index (χ4v) is 5.02. The van der Waals surface area contributed by atoms with E-state index in [0.29, 0.717) is 11.8 Å². The summed E-state index contributed by atoms with van der Waals surface area (Å²) in [7, 11) is 0. The Balaban J connectivity index is 1.54. The van der Waals surface area contributed by atoms with Gasteiger partial charge in [-0.25, -0.2) is 4.98 Å². The molecule has 0 unspecified atom stereocenters. The molecule has 0 aliphatic heterocycles. The maximum Gasteiger partial charge on any atom is 0.144 e. The first-order valence-electron chi connectivity index (χ1n) is 13.4. The van der Waals surface area contributed by atoms with E-state index in [1.165, 1.54) is 16.8 Å². The van der Waals surface area contributed by atoms with Crippen LogP contribution in [0.25, 0.3) is 28.3 Å². The molecule has 0 bridgehead atoms. The number of nitrogens with zero attached hydrogens (tertiary/aromatic N) is 3. The molecular weight excluding hydrogens is 466 g/mol. The molecule has 192 valence electrons. The van der Waals surface area contributed by atoms with E-state index < -0.39 is 0 Å². The van der Waals surface area contributed by atoms with E-state index in [1.54, 1.807) is 6.07 Å². The van der Waals surface area contributed by atoms with E-state index in [4.69, 9.17) is 9.97 Å². The lowest BCUT2D eigenvalue weighted by molar-refractivity contribution is 0.477. The normalized spacial score (nSPS) is 11.4. The fraction of sp³-hybridized carbons (Fsp3) is 0.235. The first-order valence-corrected chi connectivity index (χ1v) is 13.4. The van der Waals surface area contributed by atoms with Crippen LogP contribution in [0, 0.1) is 0 Å². The lowest BCUT2D eigenvalue weighted by Crippen LogP contribution is -2.07. The summed E-state index contributed by atoms with van der Waals surface area (Å²) in [6.45, 7) is 9.02. The molecule has 2 heterocycles. The number of aromatic nitrogens is 3. The standard InChI is InChI=1S/C34H35N3O/c1-23(2)28-16-11-17-29(24(3)4)33(28)37-22-27(36-34(37)25-12-6-5-7-13-25)21-20-26-14-10-18-31(35-26)30-15-8-9-19-32(30)38/h5-19,22-24,38H,20-21H2,1-4H3. The van der Waals surface area contributed by atoms with Gasteiger partial charge in [-0.1, -0.05) is 94.4 Å². The summed E-state index contributed by atoms with van der Waals surface area (Å²) < 4.78 is 2.31. The van der Waals surface area contributed by atoms with Gasteiger partial charge in [-0.2, -0.15) is 0 Å². The van der Waals surface area contributed by atoms with Gasteiger partial charge in [0.2, 0.25) is 0 Å². The van der Waals surface area contributed by atoms with E-state index in [1.807, 2.05) is 42.5 Å². The van der Waals surface area contributed by atoms with Crippen LogP contribution in [-0.4, -0.2) is 19.6 Å². The van der Waals surface area contributed by atoms with Crippen molar-refractivity contribution in [2.45, 2.75) is 52.4 Å². The van der Waals surface area contributed by atoms with Crippen LogP contribution in [0.5, 0.6) is 5.75 Å². The summed E-state index contributed by atoms with van der Waals surface area (Å²) in [4.78, 5) is 10.0. The maximum absolute atomic E-state index is 10.3.